The average Bonchev–Trinajstić information content (AvgIpc) is 3.24. The first-order valence-corrected chi connectivity index (χ1v) is 9.49. The van der Waals surface area contributed by atoms with Crippen molar-refractivity contribution in [2.24, 2.45) is 4.99 Å². The van der Waals surface area contributed by atoms with Crippen LogP contribution in [0.3, 0.4) is 0 Å². The van der Waals surface area contributed by atoms with Gasteiger partial charge in [-0.3, -0.25) is 4.99 Å². The quantitative estimate of drug-likeness (QED) is 0.412. The Hall–Kier alpha value is -2.79. The minimum atomic E-state index is -4.64. The first kappa shape index (κ1) is 23.5. The number of rotatable bonds is 3. The molecule has 1 aliphatic heterocycles. The number of benzene rings is 3. The lowest BCUT2D eigenvalue weighted by Crippen LogP contribution is -2.16. The van der Waals surface area contributed by atoms with Gasteiger partial charge in [0.25, 0.3) is 0 Å². The number of alkyl halides is 3. The molecule has 158 valence electrons. The number of ether oxygens (including phenoxy) is 1. The molecule has 0 fully saturated rings. The number of hydrogen-bond donors (Lipinski definition) is 0. The minimum Gasteiger partial charge on any atom is -0.406 e. The Kier molecular flexibility index (Phi) is 8.48. The van der Waals surface area contributed by atoms with Crippen LogP contribution in [-0.4, -0.2) is 18.6 Å². The molecule has 4 rings (SSSR count). The zero-order valence-corrected chi connectivity index (χ0v) is 16.3. The summed E-state index contributed by atoms with van der Waals surface area (Å²) in [5.41, 5.74) is 4.07. The second-order valence-corrected chi connectivity index (χ2v) is 6.76. The van der Waals surface area contributed by atoms with E-state index >= 15 is 0 Å². The van der Waals surface area contributed by atoms with Crippen LogP contribution in [0.2, 0.25) is 5.02 Å². The fourth-order valence-corrected chi connectivity index (χ4v) is 3.18. The van der Waals surface area contributed by atoms with Crippen LogP contribution in [0.15, 0.2) is 83.9 Å². The van der Waals surface area contributed by atoms with Crippen LogP contribution in [0.5, 0.6) is 5.75 Å². The molecule has 0 N–H and O–H groups in total. The largest absolute Gasteiger partial charge is 0.573 e. The van der Waals surface area contributed by atoms with Crippen molar-refractivity contribution in [3.8, 4) is 16.9 Å². The van der Waals surface area contributed by atoms with Crippen molar-refractivity contribution in [3.63, 3.8) is 0 Å². The van der Waals surface area contributed by atoms with E-state index in [1.54, 1.807) is 12.1 Å². The molecule has 3 aromatic carbocycles. The summed E-state index contributed by atoms with van der Waals surface area (Å²) in [6.07, 6.45) is -2.40. The van der Waals surface area contributed by atoms with Gasteiger partial charge in [0, 0.05) is 22.8 Å². The van der Waals surface area contributed by atoms with E-state index < -0.39 is 6.36 Å². The molecule has 0 atom stereocenters. The highest BCUT2D eigenvalue weighted by atomic mass is 35.5. The fourth-order valence-electron chi connectivity index (χ4n) is 2.93. The zero-order valence-electron chi connectivity index (χ0n) is 15.5. The van der Waals surface area contributed by atoms with E-state index in [0.717, 1.165) is 34.7 Å². The molecule has 0 unspecified atom stereocenters. The smallest absolute Gasteiger partial charge is 0.406 e. The molecule has 0 aliphatic carbocycles. The van der Waals surface area contributed by atoms with Gasteiger partial charge in [0.05, 0.1) is 0 Å². The van der Waals surface area contributed by atoms with Gasteiger partial charge in [-0.25, -0.2) is 0 Å². The predicted molar refractivity (Wildman–Crippen MR) is 117 cm³/mol. The molecule has 0 aromatic heterocycles. The van der Waals surface area contributed by atoms with E-state index in [9.17, 15) is 13.2 Å². The van der Waals surface area contributed by atoms with Gasteiger partial charge in [-0.15, -0.1) is 13.2 Å². The van der Waals surface area contributed by atoms with Crippen LogP contribution >= 0.6 is 11.6 Å². The molecular formula is C24H23ClF3NO. The van der Waals surface area contributed by atoms with Crippen LogP contribution in [0.4, 0.5) is 13.2 Å². The third-order valence-electron chi connectivity index (χ3n) is 4.25. The number of nitrogens with zero attached hydrogens (tertiary/aromatic N) is 1. The maximum Gasteiger partial charge on any atom is 0.573 e. The first-order chi connectivity index (χ1) is 13.9. The van der Waals surface area contributed by atoms with Crippen molar-refractivity contribution in [3.05, 3.63) is 89.4 Å². The average molecular weight is 434 g/mol. The summed E-state index contributed by atoms with van der Waals surface area (Å²) in [4.78, 5) is 4.40. The van der Waals surface area contributed by atoms with Gasteiger partial charge in [0.1, 0.15) is 5.75 Å². The van der Waals surface area contributed by atoms with Gasteiger partial charge in [-0.05, 0) is 42.2 Å². The van der Waals surface area contributed by atoms with Crippen LogP contribution in [-0.2, 0) is 0 Å². The number of halogens is 4. The molecule has 0 radical (unpaired) electrons. The lowest BCUT2D eigenvalue weighted by Gasteiger charge is -2.09. The van der Waals surface area contributed by atoms with E-state index in [2.05, 4.69) is 9.73 Å². The summed E-state index contributed by atoms with van der Waals surface area (Å²) in [6.45, 7) is 0.959. The summed E-state index contributed by atoms with van der Waals surface area (Å²) < 4.78 is 39.6. The standard InChI is InChI=1S/C13H9F3O.C10H10ClN.CH4/c14-13(15,16)17-12-8-6-11(7-9-12)10-4-2-1-3-5-10;11-9-5-2-1-4-8(9)10-6-3-7-12-10;/h1-9H;1-2,4-5H,3,6-7H2;1H4. The highest BCUT2D eigenvalue weighted by molar-refractivity contribution is 6.34. The van der Waals surface area contributed by atoms with Crippen molar-refractivity contribution in [1.29, 1.82) is 0 Å². The van der Waals surface area contributed by atoms with Gasteiger partial charge < -0.3 is 4.74 Å². The normalized spacial score (nSPS) is 12.9. The maximum absolute atomic E-state index is 11.9. The highest BCUT2D eigenvalue weighted by Gasteiger charge is 2.30. The second-order valence-electron chi connectivity index (χ2n) is 6.35. The lowest BCUT2D eigenvalue weighted by molar-refractivity contribution is -0.274. The Balaban J connectivity index is 0.000000218. The Morgan fingerprint density at radius 2 is 1.40 bits per heavy atom. The van der Waals surface area contributed by atoms with Crippen molar-refractivity contribution in [2.75, 3.05) is 6.54 Å². The molecule has 3 aromatic rings. The number of aliphatic imine (C=N–C) groups is 1. The third-order valence-corrected chi connectivity index (χ3v) is 4.58. The third kappa shape index (κ3) is 6.92. The molecule has 0 spiro atoms. The Morgan fingerprint density at radius 3 is 1.97 bits per heavy atom. The Labute approximate surface area is 180 Å². The highest BCUT2D eigenvalue weighted by Crippen LogP contribution is 2.26. The maximum atomic E-state index is 11.9. The predicted octanol–water partition coefficient (Wildman–Crippen LogP) is 7.81. The Bertz CT molecular complexity index is 954. The van der Waals surface area contributed by atoms with Gasteiger partial charge in [0.15, 0.2) is 0 Å². The van der Waals surface area contributed by atoms with Crippen LogP contribution in [0.25, 0.3) is 11.1 Å². The van der Waals surface area contributed by atoms with E-state index in [1.165, 1.54) is 24.3 Å². The monoisotopic (exact) mass is 433 g/mol. The zero-order chi connectivity index (χ0) is 20.7. The van der Waals surface area contributed by atoms with E-state index in [4.69, 9.17) is 11.6 Å². The molecule has 2 nitrogen and oxygen atoms in total. The van der Waals surface area contributed by atoms with E-state index in [0.29, 0.717) is 0 Å². The van der Waals surface area contributed by atoms with Crippen LogP contribution in [0.1, 0.15) is 25.8 Å². The van der Waals surface area contributed by atoms with Gasteiger partial charge in [0.2, 0.25) is 0 Å². The summed E-state index contributed by atoms with van der Waals surface area (Å²) >= 11 is 6.02. The van der Waals surface area contributed by atoms with Crippen molar-refractivity contribution in [1.82, 2.24) is 0 Å². The van der Waals surface area contributed by atoms with E-state index in [1.807, 2.05) is 54.6 Å². The molecule has 0 saturated carbocycles. The SMILES string of the molecule is C.Clc1ccccc1C1=NCCC1.FC(F)(F)Oc1ccc(-c2ccccc2)cc1. The van der Waals surface area contributed by atoms with Gasteiger partial charge in [-0.2, -0.15) is 0 Å². The Morgan fingerprint density at radius 1 is 0.800 bits per heavy atom. The van der Waals surface area contributed by atoms with Crippen molar-refractivity contribution < 1.29 is 17.9 Å². The summed E-state index contributed by atoms with van der Waals surface area (Å²) in [7, 11) is 0. The topological polar surface area (TPSA) is 21.6 Å². The van der Waals surface area contributed by atoms with Crippen molar-refractivity contribution in [2.45, 2.75) is 26.6 Å². The van der Waals surface area contributed by atoms with Crippen molar-refractivity contribution >= 4 is 17.3 Å². The van der Waals surface area contributed by atoms with E-state index in [-0.39, 0.29) is 13.2 Å². The lowest BCUT2D eigenvalue weighted by atomic mass is 10.1. The molecular weight excluding hydrogens is 411 g/mol. The summed E-state index contributed by atoms with van der Waals surface area (Å²) in [6, 6.07) is 23.1. The van der Waals surface area contributed by atoms with Crippen LogP contribution < -0.4 is 4.74 Å². The molecule has 6 heteroatoms. The van der Waals surface area contributed by atoms with Gasteiger partial charge >= 0.3 is 6.36 Å². The minimum absolute atomic E-state index is 0. The molecule has 0 saturated heterocycles. The molecule has 0 bridgehead atoms. The molecule has 1 aliphatic rings. The molecule has 30 heavy (non-hydrogen) atoms. The van der Waals surface area contributed by atoms with Crippen LogP contribution in [0, 0.1) is 0 Å². The van der Waals surface area contributed by atoms with Gasteiger partial charge in [-0.1, -0.05) is 79.7 Å². The first-order valence-electron chi connectivity index (χ1n) is 9.12. The molecule has 1 heterocycles. The summed E-state index contributed by atoms with van der Waals surface area (Å²) in [5.74, 6) is -0.211. The number of hydrogen-bond acceptors (Lipinski definition) is 2. The molecule has 0 amide bonds. The second kappa shape index (κ2) is 10.8. The fraction of sp³-hybridized carbons (Fsp3) is 0.208. The summed E-state index contributed by atoms with van der Waals surface area (Å²) in [5, 5.41) is 0.818.